The van der Waals surface area contributed by atoms with Gasteiger partial charge in [0.2, 0.25) is 0 Å². The van der Waals surface area contributed by atoms with Gasteiger partial charge in [-0.25, -0.2) is 13.9 Å². The number of rotatable bonds is 12. The predicted octanol–water partition coefficient (Wildman–Crippen LogP) is 5.96. The van der Waals surface area contributed by atoms with Crippen molar-refractivity contribution in [2.24, 2.45) is 0 Å². The molecule has 2 aromatic carbocycles. The van der Waals surface area contributed by atoms with Crippen LogP contribution in [0.2, 0.25) is 0 Å². The van der Waals surface area contributed by atoms with E-state index in [0.717, 1.165) is 0 Å². The average Bonchev–Trinajstić information content (AvgIpc) is 3.27. The van der Waals surface area contributed by atoms with Gasteiger partial charge < -0.3 is 19.1 Å². The molecule has 1 saturated heterocycles. The van der Waals surface area contributed by atoms with Crippen molar-refractivity contribution in [2.75, 3.05) is 11.9 Å². The molecule has 0 bridgehead atoms. The summed E-state index contributed by atoms with van der Waals surface area (Å²) in [5.74, 6) is -0.345. The molecule has 12 heteroatoms. The molecule has 5 atom stereocenters. The largest absolute Gasteiger partial charge is 0.352 e. The Morgan fingerprint density at radius 1 is 1.17 bits per heavy atom. The Labute approximate surface area is 246 Å². The lowest BCUT2D eigenvalue weighted by molar-refractivity contribution is -0.0248. The van der Waals surface area contributed by atoms with Crippen molar-refractivity contribution in [1.82, 2.24) is 14.2 Å². The van der Waals surface area contributed by atoms with Crippen molar-refractivity contribution in [3.63, 3.8) is 0 Å². The number of alkyl halides is 1. The summed E-state index contributed by atoms with van der Waals surface area (Å²) in [6.45, 7) is 10.0. The third-order valence-electron chi connectivity index (χ3n) is 6.90. The molecule has 0 aliphatic carbocycles. The Morgan fingerprint density at radius 2 is 1.83 bits per heavy atom. The number of hydrogen-bond acceptors (Lipinski definition) is 8. The number of nitrogens with one attached hydrogen (secondary N) is 1. The van der Waals surface area contributed by atoms with Crippen LogP contribution in [0.1, 0.15) is 64.0 Å². The van der Waals surface area contributed by atoms with Crippen molar-refractivity contribution in [3.05, 3.63) is 70.6 Å². The Bertz CT molecular complexity index is 1460. The number of amides is 1. The summed E-state index contributed by atoms with van der Waals surface area (Å²) >= 11 is 0. The molecule has 1 N–H and O–H groups in total. The highest BCUT2D eigenvalue weighted by Crippen LogP contribution is 2.51. The molecule has 0 radical (unpaired) electrons. The number of halogens is 1. The Balaban J connectivity index is 1.68. The van der Waals surface area contributed by atoms with Crippen molar-refractivity contribution < 1.29 is 23.0 Å². The number of fused-ring (bicyclic) bond motifs is 1. The highest BCUT2D eigenvalue weighted by Gasteiger charge is 2.49. The van der Waals surface area contributed by atoms with Gasteiger partial charge in [0.05, 0.1) is 30.7 Å². The van der Waals surface area contributed by atoms with Crippen LogP contribution >= 0.6 is 8.53 Å². The molecule has 3 aromatic rings. The highest BCUT2D eigenvalue weighted by molar-refractivity contribution is 7.44. The number of nitriles is 1. The predicted molar refractivity (Wildman–Crippen MR) is 160 cm³/mol. The van der Waals surface area contributed by atoms with Gasteiger partial charge in [0, 0.05) is 23.0 Å². The third-order valence-corrected chi connectivity index (χ3v) is 9.03. The van der Waals surface area contributed by atoms with Crippen molar-refractivity contribution in [1.29, 1.82) is 5.26 Å². The molecule has 0 saturated carbocycles. The molecule has 2 heterocycles. The number of aromatic nitrogens is 2. The Morgan fingerprint density at radius 3 is 2.48 bits per heavy atom. The normalized spacial score (nSPS) is 21.2. The summed E-state index contributed by atoms with van der Waals surface area (Å²) in [6, 6.07) is 17.6. The van der Waals surface area contributed by atoms with E-state index in [4.69, 9.17) is 19.0 Å². The summed E-state index contributed by atoms with van der Waals surface area (Å²) in [5.41, 5.74) is 0.00730. The molecular formula is C30H37FN5O5P. The van der Waals surface area contributed by atoms with Crippen LogP contribution in [0.25, 0.3) is 10.9 Å². The standard InChI is InChI=1S/C30H37FN5O5P/c1-6-24-26(41-42(39-18-12-17-32)36(19(2)3)20(4)5)25(31)29(40-24)35-23-16-11-10-15-22(23)27(34-30(35)38)33-28(37)21-13-8-7-9-14-21/h7-11,13-16,19-20,24-26,29H,6,12,18H2,1-5H3,(H,33,34,37,38)/t24-,25-,26-,29-,42?/m1/s1. The molecule has 1 aliphatic rings. The molecule has 1 amide bonds. The van der Waals surface area contributed by atoms with Gasteiger partial charge in [0.15, 0.2) is 12.4 Å². The molecule has 1 aliphatic heterocycles. The zero-order valence-corrected chi connectivity index (χ0v) is 25.3. The lowest BCUT2D eigenvalue weighted by Gasteiger charge is -2.37. The number of carbonyl (C=O) groups excluding carboxylic acids is 1. The number of para-hydroxylation sites is 1. The van der Waals surface area contributed by atoms with Crippen molar-refractivity contribution >= 4 is 31.2 Å². The van der Waals surface area contributed by atoms with Gasteiger partial charge in [0.1, 0.15) is 11.9 Å². The van der Waals surface area contributed by atoms with Gasteiger partial charge in [-0.3, -0.25) is 9.36 Å². The molecule has 10 nitrogen and oxygen atoms in total. The molecule has 0 spiro atoms. The van der Waals surface area contributed by atoms with E-state index in [1.807, 2.05) is 39.3 Å². The summed E-state index contributed by atoms with van der Waals surface area (Å²) in [6.07, 6.45) is -4.14. The lowest BCUT2D eigenvalue weighted by atomic mass is 10.1. The van der Waals surface area contributed by atoms with E-state index in [1.54, 1.807) is 54.6 Å². The van der Waals surface area contributed by atoms with Gasteiger partial charge in [-0.1, -0.05) is 37.3 Å². The first-order valence-corrected chi connectivity index (χ1v) is 15.2. The van der Waals surface area contributed by atoms with E-state index in [-0.39, 0.29) is 30.9 Å². The summed E-state index contributed by atoms with van der Waals surface area (Å²) < 4.78 is 38.1. The van der Waals surface area contributed by atoms with Gasteiger partial charge in [0.25, 0.3) is 14.4 Å². The van der Waals surface area contributed by atoms with Crippen LogP contribution < -0.4 is 11.0 Å². The number of nitrogens with zero attached hydrogens (tertiary/aromatic N) is 4. The maximum absolute atomic E-state index is 16.4. The minimum absolute atomic E-state index is 0.0313. The summed E-state index contributed by atoms with van der Waals surface area (Å²) in [7, 11) is -1.74. The van der Waals surface area contributed by atoms with E-state index in [2.05, 4.69) is 16.4 Å². The number of hydrogen-bond donors (Lipinski definition) is 1. The first kappa shape index (κ1) is 31.7. The quantitative estimate of drug-likeness (QED) is 0.201. The van der Waals surface area contributed by atoms with Crippen LogP contribution in [-0.2, 0) is 13.8 Å². The van der Waals surface area contributed by atoms with Gasteiger partial charge in [-0.05, 0) is 58.4 Å². The topological polar surface area (TPSA) is 119 Å². The highest BCUT2D eigenvalue weighted by atomic mass is 31.2. The van der Waals surface area contributed by atoms with Crippen LogP contribution in [0.15, 0.2) is 59.4 Å². The first-order chi connectivity index (χ1) is 20.2. The molecule has 224 valence electrons. The van der Waals surface area contributed by atoms with E-state index in [0.29, 0.717) is 22.9 Å². The maximum atomic E-state index is 16.4. The van der Waals surface area contributed by atoms with Gasteiger partial charge in [-0.15, -0.1) is 0 Å². The fraction of sp³-hybridized carbons (Fsp3) is 0.467. The van der Waals surface area contributed by atoms with Crippen LogP contribution in [0.3, 0.4) is 0 Å². The second-order valence-corrected chi connectivity index (χ2v) is 11.9. The molecule has 1 fully saturated rings. The summed E-state index contributed by atoms with van der Waals surface area (Å²) in [5, 5.41) is 12.2. The SMILES string of the molecule is CC[C@H]1O[C@@H](n2c(=O)nc(NC(=O)c3ccccc3)c3ccccc32)[C@H](F)[C@@H]1OP(OCCC#N)N(C(C)C)C(C)C. The van der Waals surface area contributed by atoms with Gasteiger partial charge >= 0.3 is 5.69 Å². The smallest absolute Gasteiger partial charge is 0.349 e. The van der Waals surface area contributed by atoms with Crippen LogP contribution in [-0.4, -0.2) is 57.2 Å². The zero-order valence-electron chi connectivity index (χ0n) is 24.4. The van der Waals surface area contributed by atoms with Gasteiger partial charge in [-0.2, -0.15) is 10.2 Å². The molecular weight excluding hydrogens is 560 g/mol. The van der Waals surface area contributed by atoms with Crippen LogP contribution in [0.4, 0.5) is 10.2 Å². The number of carbonyl (C=O) groups is 1. The maximum Gasteiger partial charge on any atom is 0.352 e. The van der Waals surface area contributed by atoms with E-state index in [9.17, 15) is 9.59 Å². The first-order valence-electron chi connectivity index (χ1n) is 14.1. The summed E-state index contributed by atoms with van der Waals surface area (Å²) in [4.78, 5) is 30.4. The molecule has 4 rings (SSSR count). The third kappa shape index (κ3) is 6.86. The van der Waals surface area contributed by atoms with Crippen LogP contribution in [0, 0.1) is 11.3 Å². The second-order valence-electron chi connectivity index (χ2n) is 10.5. The lowest BCUT2D eigenvalue weighted by Crippen LogP contribution is -2.38. The number of benzene rings is 2. The Hall–Kier alpha value is -3.26. The minimum atomic E-state index is -1.74. The number of anilines is 1. The van der Waals surface area contributed by atoms with Crippen molar-refractivity contribution in [2.45, 2.75) is 84.2 Å². The zero-order chi connectivity index (χ0) is 30.4. The molecule has 42 heavy (non-hydrogen) atoms. The van der Waals surface area contributed by atoms with Crippen molar-refractivity contribution in [3.8, 4) is 6.07 Å². The number of ether oxygens (including phenoxy) is 1. The Kier molecular flexibility index (Phi) is 10.8. The average molecular weight is 598 g/mol. The van der Waals surface area contributed by atoms with E-state index < -0.39 is 44.7 Å². The fourth-order valence-corrected chi connectivity index (χ4v) is 6.83. The second kappa shape index (κ2) is 14.3. The fourth-order valence-electron chi connectivity index (χ4n) is 5.06. The van der Waals surface area contributed by atoms with E-state index in [1.165, 1.54) is 4.57 Å². The molecule has 1 aromatic heterocycles. The minimum Gasteiger partial charge on any atom is -0.349 e. The van der Waals surface area contributed by atoms with E-state index >= 15 is 4.39 Å². The molecule has 1 unspecified atom stereocenters. The monoisotopic (exact) mass is 597 g/mol. The van der Waals surface area contributed by atoms with Crippen LogP contribution in [0.5, 0.6) is 0 Å².